The number of benzene rings is 1. The normalized spacial score (nSPS) is 12.2. The Labute approximate surface area is 199 Å². The molecule has 168 valence electrons. The molecule has 0 saturated heterocycles. The molecular weight excluding hydrogens is 496 g/mol. The van der Waals surface area contributed by atoms with E-state index in [1.54, 1.807) is 35.0 Å². The number of halogens is 5. The van der Waals surface area contributed by atoms with Gasteiger partial charge in [-0.2, -0.15) is 18.3 Å². The van der Waals surface area contributed by atoms with Crippen molar-refractivity contribution in [1.82, 2.24) is 29.2 Å². The molecule has 6 nitrogen and oxygen atoms in total. The average molecular weight is 509 g/mol. The largest absolute Gasteiger partial charge is 0.416 e. The van der Waals surface area contributed by atoms with E-state index in [0.29, 0.717) is 43.6 Å². The predicted molar refractivity (Wildman–Crippen MR) is 122 cm³/mol. The second-order valence-electron chi connectivity index (χ2n) is 7.00. The van der Waals surface area contributed by atoms with E-state index in [2.05, 4.69) is 15.2 Å². The minimum atomic E-state index is -4.48. The quantitative estimate of drug-likeness (QED) is 0.258. The van der Waals surface area contributed by atoms with Gasteiger partial charge in [-0.3, -0.25) is 4.40 Å². The molecular formula is C21H13Cl2F3N6S. The molecule has 0 radical (unpaired) electrons. The Kier molecular flexibility index (Phi) is 5.46. The summed E-state index contributed by atoms with van der Waals surface area (Å²) in [6.45, 7) is 1.97. The minimum Gasteiger partial charge on any atom is -0.282 e. The van der Waals surface area contributed by atoms with Gasteiger partial charge in [-0.1, -0.05) is 30.1 Å². The lowest BCUT2D eigenvalue weighted by Gasteiger charge is -2.07. The van der Waals surface area contributed by atoms with Gasteiger partial charge in [-0.25, -0.2) is 9.50 Å². The van der Waals surface area contributed by atoms with Crippen LogP contribution in [0.15, 0.2) is 53.8 Å². The highest BCUT2D eigenvalue weighted by Gasteiger charge is 2.31. The van der Waals surface area contributed by atoms with Crippen molar-refractivity contribution in [3.05, 3.63) is 64.4 Å². The first-order valence-electron chi connectivity index (χ1n) is 9.65. The summed E-state index contributed by atoms with van der Waals surface area (Å²) in [6.07, 6.45) is -1.55. The lowest BCUT2D eigenvalue weighted by molar-refractivity contribution is -0.137. The Balaban J connectivity index is 1.76. The molecule has 0 saturated carbocycles. The molecule has 1 aromatic carbocycles. The molecule has 5 rings (SSSR count). The van der Waals surface area contributed by atoms with Crippen molar-refractivity contribution in [2.75, 3.05) is 5.75 Å². The topological polar surface area (TPSA) is 60.4 Å². The van der Waals surface area contributed by atoms with Gasteiger partial charge < -0.3 is 0 Å². The smallest absolute Gasteiger partial charge is 0.282 e. The van der Waals surface area contributed by atoms with Crippen LogP contribution in [0.3, 0.4) is 0 Å². The summed E-state index contributed by atoms with van der Waals surface area (Å²) in [5.41, 5.74) is 1.77. The average Bonchev–Trinajstić information content (AvgIpc) is 3.32. The van der Waals surface area contributed by atoms with Crippen LogP contribution in [0.5, 0.6) is 0 Å². The summed E-state index contributed by atoms with van der Waals surface area (Å²) in [5, 5.41) is 14.4. The molecule has 12 heteroatoms. The summed E-state index contributed by atoms with van der Waals surface area (Å²) in [6, 6.07) is 8.90. The number of pyridine rings is 1. The van der Waals surface area contributed by atoms with Crippen molar-refractivity contribution in [2.45, 2.75) is 18.1 Å². The highest BCUT2D eigenvalue weighted by Crippen LogP contribution is 2.36. The van der Waals surface area contributed by atoms with Gasteiger partial charge in [0, 0.05) is 28.0 Å². The van der Waals surface area contributed by atoms with Crippen molar-refractivity contribution < 1.29 is 13.2 Å². The third-order valence-electron chi connectivity index (χ3n) is 4.89. The van der Waals surface area contributed by atoms with Crippen LogP contribution in [0.1, 0.15) is 12.5 Å². The fourth-order valence-corrected chi connectivity index (χ4v) is 4.78. The molecule has 0 fully saturated rings. The van der Waals surface area contributed by atoms with Gasteiger partial charge >= 0.3 is 6.18 Å². The zero-order valence-electron chi connectivity index (χ0n) is 16.8. The second-order valence-corrected chi connectivity index (χ2v) is 9.13. The molecule has 0 spiro atoms. The highest BCUT2D eigenvalue weighted by atomic mass is 35.5. The van der Waals surface area contributed by atoms with Crippen LogP contribution >= 0.6 is 35.0 Å². The molecule has 4 heterocycles. The zero-order valence-corrected chi connectivity index (χ0v) is 19.1. The van der Waals surface area contributed by atoms with E-state index in [-0.39, 0.29) is 5.65 Å². The fourth-order valence-electron chi connectivity index (χ4n) is 3.52. The third kappa shape index (κ3) is 3.92. The van der Waals surface area contributed by atoms with Crippen LogP contribution in [0.25, 0.3) is 33.9 Å². The van der Waals surface area contributed by atoms with Crippen LogP contribution in [0.2, 0.25) is 10.0 Å². The van der Waals surface area contributed by atoms with Crippen molar-refractivity contribution >= 4 is 46.3 Å². The van der Waals surface area contributed by atoms with Crippen molar-refractivity contribution in [2.24, 2.45) is 0 Å². The Morgan fingerprint density at radius 3 is 2.48 bits per heavy atom. The first-order chi connectivity index (χ1) is 15.8. The van der Waals surface area contributed by atoms with E-state index in [4.69, 9.17) is 28.3 Å². The van der Waals surface area contributed by atoms with E-state index in [9.17, 15) is 13.2 Å². The standard InChI is InChI=1S/C21H13Cl2F3N6S/c1-2-33-20-17(19-29-28-16-9-12(21(24,25)26)4-6-31(16)19)18-27-5-3-15(32(18)30-20)11-7-13(22)10-14(23)8-11/h3-10H,2H2,1H3. The molecule has 0 unspecified atom stereocenters. The van der Waals surface area contributed by atoms with E-state index in [0.717, 1.165) is 17.7 Å². The number of thioether (sulfide) groups is 1. The number of aromatic nitrogens is 6. The molecule has 4 aromatic heterocycles. The van der Waals surface area contributed by atoms with Crippen LogP contribution in [-0.4, -0.2) is 34.9 Å². The second kappa shape index (κ2) is 8.19. The summed E-state index contributed by atoms with van der Waals surface area (Å²) in [4.78, 5) is 4.49. The van der Waals surface area contributed by atoms with Crippen LogP contribution in [0, 0.1) is 0 Å². The van der Waals surface area contributed by atoms with Gasteiger partial charge in [0.25, 0.3) is 0 Å². The van der Waals surface area contributed by atoms with E-state index in [1.807, 2.05) is 6.92 Å². The van der Waals surface area contributed by atoms with Gasteiger partial charge in [-0.15, -0.1) is 22.0 Å². The Bertz CT molecular complexity index is 1490. The van der Waals surface area contributed by atoms with E-state index >= 15 is 0 Å². The van der Waals surface area contributed by atoms with Crippen LogP contribution in [-0.2, 0) is 6.18 Å². The molecule has 0 atom stereocenters. The maximum Gasteiger partial charge on any atom is 0.416 e. The molecule has 0 aliphatic rings. The van der Waals surface area contributed by atoms with E-state index < -0.39 is 11.7 Å². The summed E-state index contributed by atoms with van der Waals surface area (Å²) >= 11 is 13.9. The minimum absolute atomic E-state index is 0.0735. The fraction of sp³-hybridized carbons (Fsp3) is 0.143. The molecule has 33 heavy (non-hydrogen) atoms. The SMILES string of the molecule is CCSc1nn2c(-c3cc(Cl)cc(Cl)c3)ccnc2c1-c1nnc2cc(C(F)(F)F)ccn12. The Morgan fingerprint density at radius 1 is 1.03 bits per heavy atom. The van der Waals surface area contributed by atoms with Gasteiger partial charge in [-0.05, 0) is 42.2 Å². The monoisotopic (exact) mass is 508 g/mol. The number of fused-ring (bicyclic) bond motifs is 2. The predicted octanol–water partition coefficient (Wildman–Crippen LogP) is 6.54. The van der Waals surface area contributed by atoms with Gasteiger partial charge in [0.15, 0.2) is 17.1 Å². The number of hydrogen-bond acceptors (Lipinski definition) is 5. The first-order valence-corrected chi connectivity index (χ1v) is 11.4. The maximum absolute atomic E-state index is 13.1. The molecule has 0 amide bonds. The highest BCUT2D eigenvalue weighted by molar-refractivity contribution is 7.99. The zero-order chi connectivity index (χ0) is 23.3. The van der Waals surface area contributed by atoms with Gasteiger partial charge in [0.1, 0.15) is 5.03 Å². The first kappa shape index (κ1) is 22.0. The van der Waals surface area contributed by atoms with Crippen molar-refractivity contribution in [1.29, 1.82) is 0 Å². The Hall–Kier alpha value is -2.82. The number of alkyl halides is 3. The van der Waals surface area contributed by atoms with Crippen molar-refractivity contribution in [3.8, 4) is 22.6 Å². The molecule has 0 aliphatic carbocycles. The third-order valence-corrected chi connectivity index (χ3v) is 6.17. The molecule has 0 aliphatic heterocycles. The Morgan fingerprint density at radius 2 is 1.79 bits per heavy atom. The number of nitrogens with zero attached hydrogens (tertiary/aromatic N) is 6. The summed E-state index contributed by atoms with van der Waals surface area (Å²) in [5.74, 6) is 1.06. The number of rotatable bonds is 4. The van der Waals surface area contributed by atoms with Crippen LogP contribution < -0.4 is 0 Å². The van der Waals surface area contributed by atoms with Crippen molar-refractivity contribution in [3.63, 3.8) is 0 Å². The van der Waals surface area contributed by atoms with Crippen LogP contribution in [0.4, 0.5) is 13.2 Å². The molecule has 5 aromatic rings. The lowest BCUT2D eigenvalue weighted by Crippen LogP contribution is -2.05. The summed E-state index contributed by atoms with van der Waals surface area (Å²) in [7, 11) is 0. The summed E-state index contributed by atoms with van der Waals surface area (Å²) < 4.78 is 42.5. The van der Waals surface area contributed by atoms with Gasteiger partial charge in [0.2, 0.25) is 0 Å². The molecule has 0 N–H and O–H groups in total. The van der Waals surface area contributed by atoms with E-state index in [1.165, 1.54) is 22.4 Å². The molecule has 0 bridgehead atoms. The lowest BCUT2D eigenvalue weighted by atomic mass is 10.1. The van der Waals surface area contributed by atoms with Gasteiger partial charge in [0.05, 0.1) is 16.8 Å². The maximum atomic E-state index is 13.1. The number of hydrogen-bond donors (Lipinski definition) is 0.